The summed E-state index contributed by atoms with van der Waals surface area (Å²) in [6.45, 7) is 4.25. The standard InChI is InChI=1S/C17H23NO2/c1-3-5-10-15-14-11-7-6-9-13(14)12-17(18(19)20)16(15)8-4-2/h6-7,9-11,16-17H,3-5,8,12H2,1-2H3/b15-10+/t16-,17-/m0/s1. The molecule has 3 nitrogen and oxygen atoms in total. The smallest absolute Gasteiger partial charge is 0.223 e. The quantitative estimate of drug-likeness (QED) is 0.586. The number of nitrogens with zero attached hydrogens (tertiary/aromatic N) is 1. The minimum Gasteiger partial charge on any atom is -0.264 e. The summed E-state index contributed by atoms with van der Waals surface area (Å²) in [7, 11) is 0. The summed E-state index contributed by atoms with van der Waals surface area (Å²) in [6, 6.07) is 7.71. The Labute approximate surface area is 120 Å². The molecular weight excluding hydrogens is 250 g/mol. The molecule has 1 aromatic rings. The average molecular weight is 273 g/mol. The third-order valence-corrected chi connectivity index (χ3v) is 4.14. The number of unbranched alkanes of at least 4 members (excludes halogenated alkanes) is 1. The molecule has 20 heavy (non-hydrogen) atoms. The van der Waals surface area contributed by atoms with E-state index < -0.39 is 6.04 Å². The maximum atomic E-state index is 11.4. The first-order valence-corrected chi connectivity index (χ1v) is 7.60. The highest BCUT2D eigenvalue weighted by Crippen LogP contribution is 2.39. The third-order valence-electron chi connectivity index (χ3n) is 4.14. The van der Waals surface area contributed by atoms with Gasteiger partial charge >= 0.3 is 0 Å². The first-order chi connectivity index (χ1) is 9.69. The van der Waals surface area contributed by atoms with E-state index in [4.69, 9.17) is 0 Å². The van der Waals surface area contributed by atoms with Crippen molar-refractivity contribution < 1.29 is 4.92 Å². The van der Waals surface area contributed by atoms with Gasteiger partial charge in [-0.1, -0.05) is 57.0 Å². The van der Waals surface area contributed by atoms with Gasteiger partial charge in [-0.15, -0.1) is 0 Å². The lowest BCUT2D eigenvalue weighted by Gasteiger charge is -2.30. The van der Waals surface area contributed by atoms with Gasteiger partial charge in [0.05, 0.1) is 5.92 Å². The van der Waals surface area contributed by atoms with E-state index in [0.29, 0.717) is 6.42 Å². The second kappa shape index (κ2) is 6.69. The minimum absolute atomic E-state index is 0.0662. The lowest BCUT2D eigenvalue weighted by atomic mass is 9.74. The summed E-state index contributed by atoms with van der Waals surface area (Å²) in [5.74, 6) is 0.0662. The summed E-state index contributed by atoms with van der Waals surface area (Å²) in [5.41, 5.74) is 3.57. The highest BCUT2D eigenvalue weighted by atomic mass is 16.6. The van der Waals surface area contributed by atoms with Crippen LogP contribution in [0.2, 0.25) is 0 Å². The van der Waals surface area contributed by atoms with Crippen LogP contribution in [-0.2, 0) is 6.42 Å². The number of fused-ring (bicyclic) bond motifs is 1. The van der Waals surface area contributed by atoms with E-state index in [1.54, 1.807) is 0 Å². The molecule has 2 rings (SSSR count). The van der Waals surface area contributed by atoms with Crippen molar-refractivity contribution in [2.24, 2.45) is 5.92 Å². The van der Waals surface area contributed by atoms with Crippen LogP contribution in [-0.4, -0.2) is 11.0 Å². The average Bonchev–Trinajstić information content (AvgIpc) is 2.45. The third kappa shape index (κ3) is 2.92. The molecule has 108 valence electrons. The highest BCUT2D eigenvalue weighted by molar-refractivity contribution is 5.72. The van der Waals surface area contributed by atoms with Crippen LogP contribution in [0.4, 0.5) is 0 Å². The molecule has 2 atom stereocenters. The van der Waals surface area contributed by atoms with Gasteiger partial charge in [-0.05, 0) is 29.5 Å². The molecule has 1 aliphatic rings. The number of hydrogen-bond acceptors (Lipinski definition) is 2. The van der Waals surface area contributed by atoms with Gasteiger partial charge in [-0.3, -0.25) is 10.1 Å². The maximum Gasteiger partial charge on any atom is 0.223 e. The molecule has 0 N–H and O–H groups in total. The molecule has 3 heteroatoms. The van der Waals surface area contributed by atoms with Gasteiger partial charge < -0.3 is 0 Å². The van der Waals surface area contributed by atoms with E-state index in [1.807, 2.05) is 18.2 Å². The van der Waals surface area contributed by atoms with Crippen molar-refractivity contribution in [3.8, 4) is 0 Å². The monoisotopic (exact) mass is 273 g/mol. The van der Waals surface area contributed by atoms with Crippen LogP contribution < -0.4 is 0 Å². The molecule has 0 amide bonds. The van der Waals surface area contributed by atoms with E-state index in [-0.39, 0.29) is 10.8 Å². The number of hydrogen-bond donors (Lipinski definition) is 0. The lowest BCUT2D eigenvalue weighted by molar-refractivity contribution is -0.529. The molecule has 0 fully saturated rings. The normalized spacial score (nSPS) is 23.6. The molecule has 0 spiro atoms. The van der Waals surface area contributed by atoms with Crippen molar-refractivity contribution in [2.75, 3.05) is 0 Å². The van der Waals surface area contributed by atoms with Crippen molar-refractivity contribution in [3.63, 3.8) is 0 Å². The van der Waals surface area contributed by atoms with Crippen LogP contribution in [0.5, 0.6) is 0 Å². The first kappa shape index (κ1) is 14.8. The molecule has 0 heterocycles. The van der Waals surface area contributed by atoms with Gasteiger partial charge in [0.25, 0.3) is 0 Å². The molecule has 0 unspecified atom stereocenters. The Bertz CT molecular complexity index is 507. The van der Waals surface area contributed by atoms with Gasteiger partial charge in [0.2, 0.25) is 6.04 Å². The number of nitro groups is 1. The van der Waals surface area contributed by atoms with Crippen LogP contribution in [0.1, 0.15) is 50.7 Å². The first-order valence-electron chi connectivity index (χ1n) is 7.60. The van der Waals surface area contributed by atoms with Crippen molar-refractivity contribution >= 4 is 5.57 Å². The Balaban J connectivity index is 2.47. The zero-order valence-electron chi connectivity index (χ0n) is 12.3. The van der Waals surface area contributed by atoms with Crippen LogP contribution in [0.15, 0.2) is 30.3 Å². The SMILES string of the molecule is CCC/C=C1\c2ccccc2C[C@H]([N+](=O)[O-])[C@H]1CCC. The van der Waals surface area contributed by atoms with E-state index in [0.717, 1.165) is 31.2 Å². The zero-order chi connectivity index (χ0) is 14.5. The van der Waals surface area contributed by atoms with E-state index in [1.165, 1.54) is 11.1 Å². The molecule has 0 aromatic heterocycles. The number of allylic oxidation sites excluding steroid dienone is 1. The molecule has 0 bridgehead atoms. The topological polar surface area (TPSA) is 43.1 Å². The summed E-state index contributed by atoms with van der Waals surface area (Å²) >= 11 is 0. The fourth-order valence-corrected chi connectivity index (χ4v) is 3.20. The van der Waals surface area contributed by atoms with Crippen molar-refractivity contribution in [3.05, 3.63) is 51.6 Å². The van der Waals surface area contributed by atoms with Crippen molar-refractivity contribution in [1.29, 1.82) is 0 Å². The maximum absolute atomic E-state index is 11.4. The van der Waals surface area contributed by atoms with E-state index >= 15 is 0 Å². The molecule has 1 aromatic carbocycles. The molecule has 1 aliphatic carbocycles. The molecule has 0 saturated carbocycles. The van der Waals surface area contributed by atoms with E-state index in [2.05, 4.69) is 26.0 Å². The Kier molecular flexibility index (Phi) is 4.94. The fraction of sp³-hybridized carbons (Fsp3) is 0.529. The van der Waals surface area contributed by atoms with Crippen LogP contribution in [0.25, 0.3) is 5.57 Å². The Morgan fingerprint density at radius 2 is 2.05 bits per heavy atom. The second-order valence-corrected chi connectivity index (χ2v) is 5.56. The summed E-state index contributed by atoms with van der Waals surface area (Å²) in [5, 5.41) is 11.4. The highest BCUT2D eigenvalue weighted by Gasteiger charge is 2.38. The van der Waals surface area contributed by atoms with Gasteiger partial charge in [0.1, 0.15) is 0 Å². The van der Waals surface area contributed by atoms with E-state index in [9.17, 15) is 10.1 Å². The summed E-state index contributed by atoms with van der Waals surface area (Å²) < 4.78 is 0. The van der Waals surface area contributed by atoms with Gasteiger partial charge in [0, 0.05) is 11.3 Å². The Morgan fingerprint density at radius 1 is 1.30 bits per heavy atom. The van der Waals surface area contributed by atoms with Gasteiger partial charge in [-0.25, -0.2) is 0 Å². The van der Waals surface area contributed by atoms with Crippen LogP contribution >= 0.6 is 0 Å². The predicted molar refractivity (Wildman–Crippen MR) is 82.2 cm³/mol. The zero-order valence-corrected chi connectivity index (χ0v) is 12.3. The molecule has 0 saturated heterocycles. The van der Waals surface area contributed by atoms with Gasteiger partial charge in [0.15, 0.2) is 0 Å². The van der Waals surface area contributed by atoms with Crippen LogP contribution in [0, 0.1) is 16.0 Å². The summed E-state index contributed by atoms with van der Waals surface area (Å²) in [6.07, 6.45) is 6.75. The van der Waals surface area contributed by atoms with Gasteiger partial charge in [-0.2, -0.15) is 0 Å². The minimum atomic E-state index is -0.465. The lowest BCUT2D eigenvalue weighted by Crippen LogP contribution is -2.36. The second-order valence-electron chi connectivity index (χ2n) is 5.56. The largest absolute Gasteiger partial charge is 0.264 e. The molecule has 0 radical (unpaired) electrons. The number of rotatable bonds is 5. The molecule has 0 aliphatic heterocycles. The summed E-state index contributed by atoms with van der Waals surface area (Å²) in [4.78, 5) is 11.4. The Morgan fingerprint density at radius 3 is 2.70 bits per heavy atom. The fourth-order valence-electron chi connectivity index (χ4n) is 3.20. The van der Waals surface area contributed by atoms with Crippen molar-refractivity contribution in [1.82, 2.24) is 0 Å². The number of benzene rings is 1. The Hall–Kier alpha value is -1.64. The van der Waals surface area contributed by atoms with Crippen LogP contribution in [0.3, 0.4) is 0 Å². The predicted octanol–water partition coefficient (Wildman–Crippen LogP) is 4.49. The van der Waals surface area contributed by atoms with Crippen molar-refractivity contribution in [2.45, 2.75) is 52.0 Å². The molecular formula is C17H23NO2.